The molecule has 2 N–H and O–H groups in total. The van der Waals surface area contributed by atoms with E-state index >= 15 is 0 Å². The lowest BCUT2D eigenvalue weighted by Crippen LogP contribution is -2.52. The summed E-state index contributed by atoms with van der Waals surface area (Å²) in [4.78, 5) is 26.7. The first-order chi connectivity index (χ1) is 14.7. The highest BCUT2D eigenvalue weighted by Gasteiger charge is 2.30. The van der Waals surface area contributed by atoms with Crippen LogP contribution >= 0.6 is 0 Å². The van der Waals surface area contributed by atoms with E-state index in [2.05, 4.69) is 10.0 Å². The van der Waals surface area contributed by atoms with Crippen LogP contribution in [-0.2, 0) is 14.8 Å². The summed E-state index contributed by atoms with van der Waals surface area (Å²) in [5, 5.41) is 2.93. The van der Waals surface area contributed by atoms with Crippen LogP contribution in [0.15, 0.2) is 45.9 Å². The second-order valence-corrected chi connectivity index (χ2v) is 9.24. The Morgan fingerprint density at radius 3 is 2.35 bits per heavy atom. The molecule has 0 bridgehead atoms. The van der Waals surface area contributed by atoms with Crippen LogP contribution in [-0.4, -0.2) is 57.4 Å². The zero-order valence-electron chi connectivity index (χ0n) is 17.8. The summed E-state index contributed by atoms with van der Waals surface area (Å²) >= 11 is 0. The summed E-state index contributed by atoms with van der Waals surface area (Å²) in [6, 6.07) is 6.68. The van der Waals surface area contributed by atoms with Gasteiger partial charge in [0.05, 0.1) is 24.3 Å². The third kappa shape index (κ3) is 5.45. The van der Waals surface area contributed by atoms with Gasteiger partial charge >= 0.3 is 0 Å². The number of carbonyl (C=O) groups is 2. The van der Waals surface area contributed by atoms with Crippen molar-refractivity contribution in [2.75, 3.05) is 20.2 Å². The molecule has 168 valence electrons. The van der Waals surface area contributed by atoms with Crippen LogP contribution in [0.1, 0.15) is 35.9 Å². The van der Waals surface area contributed by atoms with Crippen molar-refractivity contribution in [2.24, 2.45) is 0 Å². The van der Waals surface area contributed by atoms with E-state index in [0.717, 1.165) is 5.56 Å². The van der Waals surface area contributed by atoms with Crippen molar-refractivity contribution < 1.29 is 27.2 Å². The summed E-state index contributed by atoms with van der Waals surface area (Å²) in [7, 11) is -2.35. The molecule has 2 aromatic rings. The third-order valence-electron chi connectivity index (χ3n) is 5.28. The fraction of sp³-hybridized carbons (Fsp3) is 0.429. The molecular formula is C21H27N3O6S. The maximum Gasteiger partial charge on any atom is 0.287 e. The van der Waals surface area contributed by atoms with E-state index in [9.17, 15) is 18.0 Å². The molecule has 2 heterocycles. The Morgan fingerprint density at radius 1 is 1.16 bits per heavy atom. The fourth-order valence-corrected chi connectivity index (χ4v) is 4.68. The zero-order chi connectivity index (χ0) is 22.6. The molecule has 0 saturated carbocycles. The van der Waals surface area contributed by atoms with Crippen molar-refractivity contribution >= 4 is 21.8 Å². The van der Waals surface area contributed by atoms with Gasteiger partial charge in [0.25, 0.3) is 5.91 Å². The Bertz CT molecular complexity index is 1020. The van der Waals surface area contributed by atoms with Crippen LogP contribution in [0.5, 0.6) is 5.75 Å². The Balaban J connectivity index is 1.52. The normalized spacial score (nSPS) is 16.0. The molecule has 1 aromatic carbocycles. The van der Waals surface area contributed by atoms with Gasteiger partial charge in [-0.05, 0) is 57.0 Å². The van der Waals surface area contributed by atoms with Gasteiger partial charge in [-0.1, -0.05) is 0 Å². The van der Waals surface area contributed by atoms with E-state index in [1.165, 1.54) is 32.4 Å². The van der Waals surface area contributed by atoms with E-state index in [0.29, 0.717) is 37.4 Å². The molecule has 0 aliphatic carbocycles. The van der Waals surface area contributed by atoms with Crippen LogP contribution in [0.25, 0.3) is 0 Å². The van der Waals surface area contributed by atoms with Gasteiger partial charge in [-0.2, -0.15) is 4.72 Å². The minimum Gasteiger partial charge on any atom is -0.497 e. The monoisotopic (exact) mass is 449 g/mol. The molecular weight excluding hydrogens is 422 g/mol. The van der Waals surface area contributed by atoms with Crippen LogP contribution < -0.4 is 14.8 Å². The molecule has 1 aliphatic heterocycles. The number of carbonyl (C=O) groups excluding carboxylic acids is 2. The molecule has 0 unspecified atom stereocenters. The fourth-order valence-electron chi connectivity index (χ4n) is 3.48. The summed E-state index contributed by atoms with van der Waals surface area (Å²) in [5.74, 6) is 0.261. The molecule has 9 nitrogen and oxygen atoms in total. The Hall–Kier alpha value is -2.85. The number of amides is 2. The lowest BCUT2D eigenvalue weighted by Gasteiger charge is -2.33. The minimum atomic E-state index is -3.84. The summed E-state index contributed by atoms with van der Waals surface area (Å²) in [6.45, 7) is 4.18. The van der Waals surface area contributed by atoms with Crippen molar-refractivity contribution in [3.8, 4) is 5.75 Å². The highest BCUT2D eigenvalue weighted by atomic mass is 32.2. The van der Waals surface area contributed by atoms with Gasteiger partial charge in [0.1, 0.15) is 5.75 Å². The Morgan fingerprint density at radius 2 is 1.81 bits per heavy atom. The van der Waals surface area contributed by atoms with Crippen LogP contribution in [0.4, 0.5) is 0 Å². The smallest absolute Gasteiger partial charge is 0.287 e. The number of aryl methyl sites for hydroxylation is 1. The van der Waals surface area contributed by atoms with Gasteiger partial charge in [-0.25, -0.2) is 8.42 Å². The molecule has 2 amide bonds. The lowest BCUT2D eigenvalue weighted by atomic mass is 10.0. The number of hydrogen-bond acceptors (Lipinski definition) is 6. The number of sulfonamides is 1. The number of likely N-dealkylation sites (tertiary alicyclic amines) is 1. The SMILES string of the molecule is COc1ccc(S(=O)(=O)N[C@@H](C)C(=O)N2CCC(NC(=O)c3occc3C)CC2)cc1. The Labute approximate surface area is 181 Å². The number of nitrogens with one attached hydrogen (secondary N) is 2. The van der Waals surface area contributed by atoms with Gasteiger partial charge in [0.15, 0.2) is 5.76 Å². The first-order valence-corrected chi connectivity index (χ1v) is 11.5. The van der Waals surface area contributed by atoms with Crippen molar-refractivity contribution in [2.45, 2.75) is 43.7 Å². The number of benzene rings is 1. The summed E-state index contributed by atoms with van der Waals surface area (Å²) in [5.41, 5.74) is 0.767. The number of nitrogens with zero attached hydrogens (tertiary/aromatic N) is 1. The quantitative estimate of drug-likeness (QED) is 0.664. The second kappa shape index (κ2) is 9.52. The Kier molecular flexibility index (Phi) is 7.01. The molecule has 1 atom stereocenters. The molecule has 10 heteroatoms. The lowest BCUT2D eigenvalue weighted by molar-refractivity contribution is -0.133. The highest BCUT2D eigenvalue weighted by Crippen LogP contribution is 2.17. The van der Waals surface area contributed by atoms with Gasteiger partial charge in [-0.3, -0.25) is 9.59 Å². The first-order valence-electron chi connectivity index (χ1n) is 10.0. The van der Waals surface area contributed by atoms with Gasteiger partial charge < -0.3 is 19.4 Å². The van der Waals surface area contributed by atoms with Gasteiger partial charge in [-0.15, -0.1) is 0 Å². The molecule has 1 aromatic heterocycles. The summed E-state index contributed by atoms with van der Waals surface area (Å²) < 4.78 is 37.8. The number of methoxy groups -OCH3 is 1. The predicted molar refractivity (Wildman–Crippen MR) is 113 cm³/mol. The van der Waals surface area contributed by atoms with Crippen molar-refractivity contribution in [3.63, 3.8) is 0 Å². The molecule has 3 rings (SSSR count). The van der Waals surface area contributed by atoms with Gasteiger partial charge in [0, 0.05) is 24.7 Å². The van der Waals surface area contributed by atoms with Crippen molar-refractivity contribution in [1.82, 2.24) is 14.9 Å². The van der Waals surface area contributed by atoms with Crippen LogP contribution in [0.2, 0.25) is 0 Å². The number of ether oxygens (including phenoxy) is 1. The van der Waals surface area contributed by atoms with Crippen molar-refractivity contribution in [1.29, 1.82) is 0 Å². The van der Waals surface area contributed by atoms with Crippen molar-refractivity contribution in [3.05, 3.63) is 47.9 Å². The van der Waals surface area contributed by atoms with E-state index in [1.54, 1.807) is 30.0 Å². The maximum atomic E-state index is 12.7. The number of furan rings is 1. The minimum absolute atomic E-state index is 0.0580. The number of rotatable bonds is 7. The predicted octanol–water partition coefficient (Wildman–Crippen LogP) is 1.68. The average molecular weight is 450 g/mol. The molecule has 0 radical (unpaired) electrons. The molecule has 0 spiro atoms. The molecule has 1 fully saturated rings. The number of hydrogen-bond donors (Lipinski definition) is 2. The topological polar surface area (TPSA) is 118 Å². The standard InChI is InChI=1S/C21H27N3O6S/c1-14-10-13-30-19(14)20(25)22-16-8-11-24(12-9-16)21(26)15(2)23-31(27,28)18-6-4-17(29-3)5-7-18/h4-7,10,13,15-16,23H,8-9,11-12H2,1-3H3,(H,22,25)/t15-/m0/s1. The first kappa shape index (κ1) is 22.8. The highest BCUT2D eigenvalue weighted by molar-refractivity contribution is 7.89. The second-order valence-electron chi connectivity index (χ2n) is 7.52. The van der Waals surface area contributed by atoms with E-state index < -0.39 is 16.1 Å². The summed E-state index contributed by atoms with van der Waals surface area (Å²) in [6.07, 6.45) is 2.63. The van der Waals surface area contributed by atoms with E-state index in [-0.39, 0.29) is 22.8 Å². The van der Waals surface area contributed by atoms with Crippen LogP contribution in [0.3, 0.4) is 0 Å². The average Bonchev–Trinajstić information content (AvgIpc) is 3.19. The van der Waals surface area contributed by atoms with Crippen LogP contribution in [0, 0.1) is 6.92 Å². The third-order valence-corrected chi connectivity index (χ3v) is 6.84. The zero-order valence-corrected chi connectivity index (χ0v) is 18.6. The van der Waals surface area contributed by atoms with Gasteiger partial charge in [0.2, 0.25) is 15.9 Å². The molecule has 1 saturated heterocycles. The maximum absolute atomic E-state index is 12.7. The molecule has 31 heavy (non-hydrogen) atoms. The number of piperidine rings is 1. The van der Waals surface area contributed by atoms with E-state index in [4.69, 9.17) is 9.15 Å². The largest absolute Gasteiger partial charge is 0.497 e. The molecule has 1 aliphatic rings. The van der Waals surface area contributed by atoms with E-state index in [1.807, 2.05) is 0 Å².